The first kappa shape index (κ1) is 20.5. The summed E-state index contributed by atoms with van der Waals surface area (Å²) >= 11 is 0. The van der Waals surface area contributed by atoms with Crippen LogP contribution in [0, 0.1) is 35.1 Å². The first-order valence-electron chi connectivity index (χ1n) is 10.4. The zero-order chi connectivity index (χ0) is 22.1. The number of hydrogen-bond donors (Lipinski definition) is 2. The Labute approximate surface area is 176 Å². The predicted molar refractivity (Wildman–Crippen MR) is 104 cm³/mol. The SMILES string of the molecule is C[C@H]1CN(C(=O)[C@@H]2CNC[C@H]2c2ccc(F)cc2F)C[C@H]2c3c(ccc(F)c3F)[C@]12O. The molecule has 31 heavy (non-hydrogen) atoms. The monoisotopic (exact) mass is 434 g/mol. The summed E-state index contributed by atoms with van der Waals surface area (Å²) in [6, 6.07) is 5.76. The molecule has 5 atom stereocenters. The number of benzene rings is 2. The Balaban J connectivity index is 1.42. The average Bonchev–Trinajstić information content (AvgIpc) is 3.20. The van der Waals surface area contributed by atoms with Crippen LogP contribution in [0.4, 0.5) is 17.6 Å². The van der Waals surface area contributed by atoms with Crippen LogP contribution in [0.2, 0.25) is 0 Å². The van der Waals surface area contributed by atoms with E-state index in [-0.39, 0.29) is 36.0 Å². The second kappa shape index (κ2) is 7.03. The highest BCUT2D eigenvalue weighted by atomic mass is 19.2. The van der Waals surface area contributed by atoms with Crippen LogP contribution in [-0.4, -0.2) is 42.1 Å². The fraction of sp³-hybridized carbons (Fsp3) is 0.435. The quantitative estimate of drug-likeness (QED) is 0.715. The van der Waals surface area contributed by atoms with Crippen molar-refractivity contribution >= 4 is 5.91 Å². The number of nitrogens with one attached hydrogen (secondary N) is 1. The molecule has 0 radical (unpaired) electrons. The first-order valence-corrected chi connectivity index (χ1v) is 10.4. The molecule has 0 spiro atoms. The van der Waals surface area contributed by atoms with E-state index in [0.717, 1.165) is 12.1 Å². The van der Waals surface area contributed by atoms with E-state index in [2.05, 4.69) is 5.32 Å². The minimum Gasteiger partial charge on any atom is -0.384 e. The number of amides is 1. The Morgan fingerprint density at radius 2 is 1.87 bits per heavy atom. The van der Waals surface area contributed by atoms with Crippen LogP contribution in [0.5, 0.6) is 0 Å². The fourth-order valence-electron chi connectivity index (χ4n) is 5.67. The third-order valence-electron chi connectivity index (χ3n) is 7.30. The smallest absolute Gasteiger partial charge is 0.227 e. The molecule has 1 amide bonds. The van der Waals surface area contributed by atoms with Gasteiger partial charge in [-0.15, -0.1) is 0 Å². The van der Waals surface area contributed by atoms with Crippen molar-refractivity contribution in [2.24, 2.45) is 11.8 Å². The lowest BCUT2D eigenvalue weighted by Crippen LogP contribution is -2.62. The molecule has 1 aliphatic carbocycles. The number of hydrogen-bond acceptors (Lipinski definition) is 3. The summed E-state index contributed by atoms with van der Waals surface area (Å²) in [5, 5.41) is 14.3. The number of likely N-dealkylation sites (tertiary alicyclic amines) is 1. The van der Waals surface area contributed by atoms with Crippen molar-refractivity contribution in [3.63, 3.8) is 0 Å². The van der Waals surface area contributed by atoms with Crippen LogP contribution in [0.25, 0.3) is 0 Å². The van der Waals surface area contributed by atoms with Crippen molar-refractivity contribution in [3.05, 3.63) is 70.3 Å². The number of nitrogens with zero attached hydrogens (tertiary/aromatic N) is 1. The van der Waals surface area contributed by atoms with Gasteiger partial charge in [0.05, 0.1) is 5.92 Å². The highest BCUT2D eigenvalue weighted by molar-refractivity contribution is 5.81. The summed E-state index contributed by atoms with van der Waals surface area (Å²) in [5.74, 6) is -5.73. The summed E-state index contributed by atoms with van der Waals surface area (Å²) in [7, 11) is 0. The fourth-order valence-corrected chi connectivity index (χ4v) is 5.67. The normalized spacial score (nSPS) is 31.7. The lowest BCUT2D eigenvalue weighted by atomic mass is 9.57. The molecule has 2 saturated heterocycles. The molecule has 4 nitrogen and oxygen atoms in total. The molecular formula is C23H22F4N2O2. The van der Waals surface area contributed by atoms with Gasteiger partial charge in [0.25, 0.3) is 0 Å². The van der Waals surface area contributed by atoms with Gasteiger partial charge in [0, 0.05) is 55.6 Å². The zero-order valence-electron chi connectivity index (χ0n) is 16.8. The molecular weight excluding hydrogens is 412 g/mol. The zero-order valence-corrected chi connectivity index (χ0v) is 16.8. The average molecular weight is 434 g/mol. The van der Waals surface area contributed by atoms with Crippen molar-refractivity contribution in [3.8, 4) is 0 Å². The molecule has 0 aromatic heterocycles. The number of fused-ring (bicyclic) bond motifs is 4. The van der Waals surface area contributed by atoms with E-state index in [4.69, 9.17) is 0 Å². The second-order valence-corrected chi connectivity index (χ2v) is 8.88. The van der Waals surface area contributed by atoms with Gasteiger partial charge in [-0.1, -0.05) is 19.1 Å². The molecule has 2 N–H and O–H groups in total. The number of aliphatic hydroxyl groups is 1. The summed E-state index contributed by atoms with van der Waals surface area (Å²) < 4.78 is 55.9. The lowest BCUT2D eigenvalue weighted by molar-refractivity contribution is -0.152. The molecule has 2 fully saturated rings. The van der Waals surface area contributed by atoms with Gasteiger partial charge >= 0.3 is 0 Å². The van der Waals surface area contributed by atoms with Gasteiger partial charge in [0.1, 0.15) is 17.2 Å². The molecule has 2 aliphatic heterocycles. The van der Waals surface area contributed by atoms with Crippen molar-refractivity contribution in [1.29, 1.82) is 0 Å². The van der Waals surface area contributed by atoms with Crippen LogP contribution in [0.3, 0.4) is 0 Å². The van der Waals surface area contributed by atoms with Crippen LogP contribution in [0.15, 0.2) is 30.3 Å². The van der Waals surface area contributed by atoms with Gasteiger partial charge in [-0.3, -0.25) is 4.79 Å². The number of carbonyl (C=O) groups excluding carboxylic acids is 1. The maximum atomic E-state index is 14.4. The third-order valence-corrected chi connectivity index (χ3v) is 7.30. The number of carbonyl (C=O) groups is 1. The predicted octanol–water partition coefficient (Wildman–Crippen LogP) is 3.01. The van der Waals surface area contributed by atoms with Gasteiger partial charge in [-0.2, -0.15) is 0 Å². The molecule has 0 saturated carbocycles. The van der Waals surface area contributed by atoms with Crippen molar-refractivity contribution in [1.82, 2.24) is 10.2 Å². The Bertz CT molecular complexity index is 1080. The number of piperidine rings is 1. The summed E-state index contributed by atoms with van der Waals surface area (Å²) in [6.45, 7) is 2.79. The Hall–Kier alpha value is -2.45. The molecule has 2 heterocycles. The minimum atomic E-state index is -1.31. The molecule has 5 rings (SSSR count). The third kappa shape index (κ3) is 2.84. The second-order valence-electron chi connectivity index (χ2n) is 8.88. The standard InChI is InChI=1S/C23H22F4N2O2/c1-11-9-29(10-17-20-16(23(11,17)31)4-5-18(25)21(20)27)22(30)15-8-28-7-14(15)13-3-2-12(24)6-19(13)26/h2-6,11,14-15,17,28,31H,7-10H2,1H3/t11-,14-,15+,17-,23+/m0/s1. The van der Waals surface area contributed by atoms with E-state index in [1.807, 2.05) is 0 Å². The van der Waals surface area contributed by atoms with Gasteiger partial charge in [0.2, 0.25) is 5.91 Å². The molecule has 2 aromatic carbocycles. The number of halogens is 4. The van der Waals surface area contributed by atoms with E-state index in [9.17, 15) is 27.5 Å². The van der Waals surface area contributed by atoms with E-state index in [0.29, 0.717) is 18.7 Å². The number of rotatable bonds is 2. The maximum absolute atomic E-state index is 14.4. The van der Waals surface area contributed by atoms with Crippen molar-refractivity contribution < 1.29 is 27.5 Å². The first-order chi connectivity index (χ1) is 14.7. The van der Waals surface area contributed by atoms with E-state index in [1.165, 1.54) is 18.2 Å². The molecule has 2 aromatic rings. The van der Waals surface area contributed by atoms with Gasteiger partial charge < -0.3 is 15.3 Å². The Kier molecular flexibility index (Phi) is 4.64. The minimum absolute atomic E-state index is 0.0577. The molecule has 0 bridgehead atoms. The lowest BCUT2D eigenvalue weighted by Gasteiger charge is -2.56. The highest BCUT2D eigenvalue weighted by Crippen LogP contribution is 2.58. The largest absolute Gasteiger partial charge is 0.384 e. The van der Waals surface area contributed by atoms with Crippen LogP contribution >= 0.6 is 0 Å². The van der Waals surface area contributed by atoms with Crippen LogP contribution in [-0.2, 0) is 10.4 Å². The topological polar surface area (TPSA) is 52.6 Å². The van der Waals surface area contributed by atoms with Gasteiger partial charge in [0.15, 0.2) is 11.6 Å². The van der Waals surface area contributed by atoms with Crippen LogP contribution < -0.4 is 5.32 Å². The van der Waals surface area contributed by atoms with Gasteiger partial charge in [-0.05, 0) is 23.3 Å². The summed E-state index contributed by atoms with van der Waals surface area (Å²) in [5.41, 5.74) is -0.535. The van der Waals surface area contributed by atoms with Crippen molar-refractivity contribution in [2.45, 2.75) is 24.4 Å². The molecule has 3 aliphatic rings. The highest BCUT2D eigenvalue weighted by Gasteiger charge is 2.59. The van der Waals surface area contributed by atoms with Gasteiger partial charge in [-0.25, -0.2) is 17.6 Å². The molecule has 8 heteroatoms. The summed E-state index contributed by atoms with van der Waals surface area (Å²) in [6.07, 6.45) is 0. The Morgan fingerprint density at radius 3 is 2.61 bits per heavy atom. The van der Waals surface area contributed by atoms with Crippen molar-refractivity contribution in [2.75, 3.05) is 26.2 Å². The summed E-state index contributed by atoms with van der Waals surface area (Å²) in [4.78, 5) is 15.0. The maximum Gasteiger partial charge on any atom is 0.227 e. The van der Waals surface area contributed by atoms with E-state index < -0.39 is 46.6 Å². The molecule has 164 valence electrons. The molecule has 0 unspecified atom stereocenters. The van der Waals surface area contributed by atoms with E-state index in [1.54, 1.807) is 11.8 Å². The van der Waals surface area contributed by atoms with Crippen LogP contribution in [0.1, 0.15) is 35.4 Å². The van der Waals surface area contributed by atoms with E-state index >= 15 is 0 Å². The Morgan fingerprint density at radius 1 is 1.10 bits per heavy atom.